The van der Waals surface area contributed by atoms with Crippen LogP contribution in [0.15, 0.2) is 52.4 Å². The molecule has 3 rings (SSSR count). The molecule has 196 valence electrons. The second-order valence-electron chi connectivity index (χ2n) is 8.06. The Labute approximate surface area is 217 Å². The van der Waals surface area contributed by atoms with Gasteiger partial charge in [0.15, 0.2) is 4.80 Å². The lowest BCUT2D eigenvalue weighted by Gasteiger charge is -2.20. The van der Waals surface area contributed by atoms with E-state index in [0.29, 0.717) is 49.8 Å². The monoisotopic (exact) mass is 533 g/mol. The molecule has 8 nitrogen and oxygen atoms in total. The highest BCUT2D eigenvalue weighted by Crippen LogP contribution is 2.28. The summed E-state index contributed by atoms with van der Waals surface area (Å²) in [5, 5.41) is 0. The molecule has 0 spiro atoms. The number of rotatable bonds is 13. The third-order valence-corrected chi connectivity index (χ3v) is 8.71. The van der Waals surface area contributed by atoms with Gasteiger partial charge in [0.1, 0.15) is 11.3 Å². The van der Waals surface area contributed by atoms with Gasteiger partial charge in [-0.25, -0.2) is 8.42 Å². The second kappa shape index (κ2) is 13.1. The Morgan fingerprint density at radius 3 is 2.44 bits per heavy atom. The molecule has 0 saturated carbocycles. The van der Waals surface area contributed by atoms with Crippen LogP contribution in [0.3, 0.4) is 0 Å². The van der Waals surface area contributed by atoms with Gasteiger partial charge in [0.25, 0.3) is 5.91 Å². The number of hydrogen-bond donors (Lipinski definition) is 0. The number of ether oxygens (including phenoxy) is 2. The van der Waals surface area contributed by atoms with Crippen molar-refractivity contribution in [3.05, 3.63) is 52.8 Å². The zero-order chi connectivity index (χ0) is 26.1. The van der Waals surface area contributed by atoms with Crippen LogP contribution >= 0.6 is 11.3 Å². The third kappa shape index (κ3) is 6.42. The van der Waals surface area contributed by atoms with Gasteiger partial charge in [0, 0.05) is 31.8 Å². The number of hydrogen-bond acceptors (Lipinski definition) is 6. The average Bonchev–Trinajstić information content (AvgIpc) is 3.22. The lowest BCUT2D eigenvalue weighted by molar-refractivity contribution is 0.0996. The van der Waals surface area contributed by atoms with Crippen molar-refractivity contribution in [1.82, 2.24) is 8.87 Å². The molecule has 2 aromatic carbocycles. The molecular formula is C26H35N3O5S2. The Morgan fingerprint density at radius 2 is 1.81 bits per heavy atom. The molecule has 3 aromatic rings. The second-order valence-corrected chi connectivity index (χ2v) is 11.0. The molecule has 0 N–H and O–H groups in total. The molecule has 0 bridgehead atoms. The molecule has 1 heterocycles. The number of sulfonamides is 1. The summed E-state index contributed by atoms with van der Waals surface area (Å²) in [6, 6.07) is 11.8. The molecule has 0 unspecified atom stereocenters. The third-order valence-electron chi connectivity index (χ3n) is 5.68. The van der Waals surface area contributed by atoms with Crippen molar-refractivity contribution in [3.8, 4) is 5.75 Å². The van der Waals surface area contributed by atoms with Crippen molar-refractivity contribution < 1.29 is 22.7 Å². The molecule has 0 aliphatic rings. The van der Waals surface area contributed by atoms with Gasteiger partial charge in [-0.3, -0.25) is 4.79 Å². The average molecular weight is 534 g/mol. The van der Waals surface area contributed by atoms with E-state index in [1.54, 1.807) is 0 Å². The van der Waals surface area contributed by atoms with E-state index in [4.69, 9.17) is 9.47 Å². The first-order valence-corrected chi connectivity index (χ1v) is 14.6. The Morgan fingerprint density at radius 1 is 1.06 bits per heavy atom. The molecular weight excluding hydrogens is 498 g/mol. The van der Waals surface area contributed by atoms with Crippen LogP contribution in [0.5, 0.6) is 5.75 Å². The Bertz CT molecular complexity index is 1330. The summed E-state index contributed by atoms with van der Waals surface area (Å²) in [6.45, 7) is 10.7. The topological polar surface area (TPSA) is 90.2 Å². The van der Waals surface area contributed by atoms with E-state index in [1.807, 2.05) is 50.5 Å². The highest BCUT2D eigenvalue weighted by molar-refractivity contribution is 7.89. The number of amides is 1. The quantitative estimate of drug-likeness (QED) is 0.297. The predicted octanol–water partition coefficient (Wildman–Crippen LogP) is 4.69. The number of benzene rings is 2. The first kappa shape index (κ1) is 28.0. The fraction of sp³-hybridized carbons (Fsp3) is 0.462. The van der Waals surface area contributed by atoms with E-state index in [0.717, 1.165) is 28.8 Å². The van der Waals surface area contributed by atoms with E-state index in [-0.39, 0.29) is 4.90 Å². The summed E-state index contributed by atoms with van der Waals surface area (Å²) >= 11 is 1.40. The number of fused-ring (bicyclic) bond motifs is 1. The van der Waals surface area contributed by atoms with Crippen LogP contribution in [0.2, 0.25) is 0 Å². The molecule has 1 amide bonds. The van der Waals surface area contributed by atoms with Gasteiger partial charge in [-0.1, -0.05) is 37.7 Å². The number of unbranched alkanes of at least 4 members (excludes halogenated alkanes) is 1. The minimum absolute atomic E-state index is 0.173. The van der Waals surface area contributed by atoms with Gasteiger partial charge in [-0.15, -0.1) is 0 Å². The Balaban J connectivity index is 1.96. The first-order valence-electron chi connectivity index (χ1n) is 12.4. The molecule has 1 aromatic heterocycles. The number of nitrogens with zero attached hydrogens (tertiary/aromatic N) is 3. The van der Waals surface area contributed by atoms with E-state index in [9.17, 15) is 13.2 Å². The Kier molecular flexibility index (Phi) is 10.2. The maximum atomic E-state index is 13.1. The van der Waals surface area contributed by atoms with E-state index in [2.05, 4.69) is 4.99 Å². The maximum absolute atomic E-state index is 13.1. The van der Waals surface area contributed by atoms with Crippen LogP contribution in [0, 0.1) is 0 Å². The van der Waals surface area contributed by atoms with E-state index < -0.39 is 15.9 Å². The number of carbonyl (C=O) groups is 1. The van der Waals surface area contributed by atoms with Crippen LogP contribution in [0.4, 0.5) is 0 Å². The van der Waals surface area contributed by atoms with Crippen LogP contribution in [-0.4, -0.2) is 56.1 Å². The van der Waals surface area contributed by atoms with Crippen molar-refractivity contribution >= 4 is 37.5 Å². The zero-order valence-electron chi connectivity index (χ0n) is 21.4. The van der Waals surface area contributed by atoms with Crippen LogP contribution in [0.25, 0.3) is 10.2 Å². The molecule has 0 atom stereocenters. The van der Waals surface area contributed by atoms with Crippen LogP contribution < -0.4 is 9.54 Å². The summed E-state index contributed by atoms with van der Waals surface area (Å²) in [6.07, 6.45) is 1.71. The summed E-state index contributed by atoms with van der Waals surface area (Å²) < 4.78 is 41.7. The largest absolute Gasteiger partial charge is 0.492 e. The molecule has 0 aliphatic carbocycles. The molecule has 36 heavy (non-hydrogen) atoms. The normalized spacial score (nSPS) is 12.5. The minimum Gasteiger partial charge on any atom is -0.492 e. The smallest absolute Gasteiger partial charge is 0.279 e. The highest BCUT2D eigenvalue weighted by Gasteiger charge is 2.23. The first-order chi connectivity index (χ1) is 17.4. The molecule has 0 aliphatic heterocycles. The van der Waals surface area contributed by atoms with Crippen LogP contribution in [0.1, 0.15) is 50.9 Å². The lowest BCUT2D eigenvalue weighted by Crippen LogP contribution is -2.31. The maximum Gasteiger partial charge on any atom is 0.279 e. The van der Waals surface area contributed by atoms with Gasteiger partial charge < -0.3 is 14.0 Å². The van der Waals surface area contributed by atoms with Crippen molar-refractivity contribution in [1.29, 1.82) is 0 Å². The standard InChI is InChI=1S/C26H35N3O5S2/c1-5-9-17-28(6-2)36(31,32)21-15-13-20(14-16-21)25(30)27-26-29(18-19-33-7-3)24-22(34-8-4)11-10-12-23(24)35-26/h10-16H,5-9,17-19H2,1-4H3. The molecule has 0 fully saturated rings. The summed E-state index contributed by atoms with van der Waals surface area (Å²) in [5.41, 5.74) is 1.20. The van der Waals surface area contributed by atoms with E-state index in [1.165, 1.54) is 39.9 Å². The lowest BCUT2D eigenvalue weighted by atomic mass is 10.2. The zero-order valence-corrected chi connectivity index (χ0v) is 23.0. The molecule has 0 saturated heterocycles. The van der Waals surface area contributed by atoms with Crippen LogP contribution in [-0.2, 0) is 21.3 Å². The SMILES string of the molecule is CCCCN(CC)S(=O)(=O)c1ccc(C(=O)N=c2sc3cccc(OCC)c3n2CCOCC)cc1. The van der Waals surface area contributed by atoms with Gasteiger partial charge in [-0.2, -0.15) is 9.30 Å². The minimum atomic E-state index is -3.61. The van der Waals surface area contributed by atoms with Crippen molar-refractivity contribution in [2.24, 2.45) is 4.99 Å². The summed E-state index contributed by atoms with van der Waals surface area (Å²) in [4.78, 5) is 18.2. The van der Waals surface area contributed by atoms with Crippen molar-refractivity contribution in [2.75, 3.05) is 32.9 Å². The number of para-hydroxylation sites is 1. The summed E-state index contributed by atoms with van der Waals surface area (Å²) in [7, 11) is -3.61. The molecule has 0 radical (unpaired) electrons. The number of aromatic nitrogens is 1. The van der Waals surface area contributed by atoms with Crippen molar-refractivity contribution in [3.63, 3.8) is 0 Å². The number of thiazole rings is 1. The predicted molar refractivity (Wildman–Crippen MR) is 143 cm³/mol. The van der Waals surface area contributed by atoms with Gasteiger partial charge in [0.2, 0.25) is 10.0 Å². The van der Waals surface area contributed by atoms with Crippen molar-refractivity contribution in [2.45, 2.75) is 52.0 Å². The highest BCUT2D eigenvalue weighted by atomic mass is 32.2. The number of carbonyl (C=O) groups excluding carboxylic acids is 1. The fourth-order valence-corrected chi connectivity index (χ4v) is 6.37. The van der Waals surface area contributed by atoms with Gasteiger partial charge >= 0.3 is 0 Å². The van der Waals surface area contributed by atoms with Gasteiger partial charge in [0.05, 0.1) is 22.8 Å². The summed E-state index contributed by atoms with van der Waals surface area (Å²) in [5.74, 6) is 0.293. The molecule has 10 heteroatoms. The fourth-order valence-electron chi connectivity index (χ4n) is 3.82. The van der Waals surface area contributed by atoms with Gasteiger partial charge in [-0.05, 0) is 56.7 Å². The van der Waals surface area contributed by atoms with E-state index >= 15 is 0 Å². The Hall–Kier alpha value is -2.53.